The molecule has 22 heavy (non-hydrogen) atoms. The lowest BCUT2D eigenvalue weighted by molar-refractivity contribution is 0.188. The van der Waals surface area contributed by atoms with Crippen molar-refractivity contribution in [1.29, 1.82) is 0 Å². The fourth-order valence-corrected chi connectivity index (χ4v) is 2.82. The maximum Gasteiger partial charge on any atom is 0.318 e. The number of urea groups is 1. The number of nitrogens with zero attached hydrogens (tertiary/aromatic N) is 1. The van der Waals surface area contributed by atoms with Crippen LogP contribution in [0.5, 0.6) is 11.5 Å². The SMILES string of the molecule is CCC(C)NC(=O)N1CCCC1c1ccc(OC)cc1OC. The number of rotatable bonds is 5. The van der Waals surface area contributed by atoms with Gasteiger partial charge in [-0.15, -0.1) is 0 Å². The summed E-state index contributed by atoms with van der Waals surface area (Å²) in [5.74, 6) is 1.53. The van der Waals surface area contributed by atoms with Gasteiger partial charge in [0.25, 0.3) is 0 Å². The molecule has 1 aromatic rings. The first kappa shape index (κ1) is 16.5. The van der Waals surface area contributed by atoms with Crippen molar-refractivity contribution in [2.24, 2.45) is 0 Å². The molecule has 1 aliphatic rings. The topological polar surface area (TPSA) is 50.8 Å². The van der Waals surface area contributed by atoms with Gasteiger partial charge < -0.3 is 19.7 Å². The number of nitrogens with one attached hydrogen (secondary N) is 1. The zero-order chi connectivity index (χ0) is 16.1. The predicted molar refractivity (Wildman–Crippen MR) is 86.5 cm³/mol. The maximum absolute atomic E-state index is 12.5. The first-order valence-corrected chi connectivity index (χ1v) is 7.89. The number of hydrogen-bond donors (Lipinski definition) is 1. The third-order valence-corrected chi connectivity index (χ3v) is 4.30. The number of carbonyl (C=O) groups excluding carboxylic acids is 1. The van der Waals surface area contributed by atoms with Crippen molar-refractivity contribution in [3.8, 4) is 11.5 Å². The van der Waals surface area contributed by atoms with E-state index in [0.717, 1.165) is 42.9 Å². The Kier molecular flexibility index (Phi) is 5.52. The summed E-state index contributed by atoms with van der Waals surface area (Å²) in [5, 5.41) is 3.05. The van der Waals surface area contributed by atoms with E-state index in [9.17, 15) is 4.79 Å². The molecule has 0 bridgehead atoms. The average Bonchev–Trinajstić information content (AvgIpc) is 3.03. The molecule has 2 rings (SSSR count). The van der Waals surface area contributed by atoms with Crippen LogP contribution >= 0.6 is 0 Å². The molecule has 1 aromatic carbocycles. The Morgan fingerprint density at radius 1 is 1.41 bits per heavy atom. The van der Waals surface area contributed by atoms with Crippen LogP contribution in [0.1, 0.15) is 44.7 Å². The first-order valence-electron chi connectivity index (χ1n) is 7.89. The summed E-state index contributed by atoms with van der Waals surface area (Å²) in [7, 11) is 3.28. The van der Waals surface area contributed by atoms with Crippen LogP contribution in [0.3, 0.4) is 0 Å². The molecule has 0 saturated carbocycles. The van der Waals surface area contributed by atoms with Crippen molar-refractivity contribution in [3.05, 3.63) is 23.8 Å². The van der Waals surface area contributed by atoms with E-state index in [4.69, 9.17) is 9.47 Å². The Bertz CT molecular complexity index is 519. The second kappa shape index (κ2) is 7.38. The highest BCUT2D eigenvalue weighted by Gasteiger charge is 2.32. The van der Waals surface area contributed by atoms with E-state index < -0.39 is 0 Å². The largest absolute Gasteiger partial charge is 0.497 e. The maximum atomic E-state index is 12.5. The molecule has 1 heterocycles. The average molecular weight is 306 g/mol. The molecule has 0 aromatic heterocycles. The number of methoxy groups -OCH3 is 2. The van der Waals surface area contributed by atoms with Crippen molar-refractivity contribution in [3.63, 3.8) is 0 Å². The quantitative estimate of drug-likeness (QED) is 0.907. The van der Waals surface area contributed by atoms with Gasteiger partial charge >= 0.3 is 6.03 Å². The monoisotopic (exact) mass is 306 g/mol. The van der Waals surface area contributed by atoms with Gasteiger partial charge in [0.2, 0.25) is 0 Å². The molecule has 0 spiro atoms. The zero-order valence-electron chi connectivity index (χ0n) is 13.9. The van der Waals surface area contributed by atoms with E-state index in [1.807, 2.05) is 30.0 Å². The minimum absolute atomic E-state index is 0.00900. The van der Waals surface area contributed by atoms with Crippen molar-refractivity contribution < 1.29 is 14.3 Å². The fourth-order valence-electron chi connectivity index (χ4n) is 2.82. The van der Waals surface area contributed by atoms with Crippen LogP contribution in [-0.2, 0) is 0 Å². The highest BCUT2D eigenvalue weighted by molar-refractivity contribution is 5.75. The summed E-state index contributed by atoms with van der Waals surface area (Å²) in [6.07, 6.45) is 2.89. The molecular weight excluding hydrogens is 280 g/mol. The van der Waals surface area contributed by atoms with Gasteiger partial charge in [0.05, 0.1) is 20.3 Å². The number of amides is 2. The van der Waals surface area contributed by atoms with Crippen LogP contribution in [0.4, 0.5) is 4.79 Å². The van der Waals surface area contributed by atoms with Crippen molar-refractivity contribution in [1.82, 2.24) is 10.2 Å². The smallest absolute Gasteiger partial charge is 0.318 e. The molecule has 5 nitrogen and oxygen atoms in total. The van der Waals surface area contributed by atoms with E-state index >= 15 is 0 Å². The summed E-state index contributed by atoms with van der Waals surface area (Å²) in [4.78, 5) is 14.4. The minimum Gasteiger partial charge on any atom is -0.497 e. The van der Waals surface area contributed by atoms with Gasteiger partial charge in [0.1, 0.15) is 11.5 Å². The lowest BCUT2D eigenvalue weighted by Crippen LogP contribution is -2.43. The molecule has 2 atom stereocenters. The molecule has 0 radical (unpaired) electrons. The van der Waals surface area contributed by atoms with Gasteiger partial charge in [-0.25, -0.2) is 4.79 Å². The Labute approximate surface area is 132 Å². The second-order valence-electron chi connectivity index (χ2n) is 5.72. The van der Waals surface area contributed by atoms with Gasteiger partial charge in [0.15, 0.2) is 0 Å². The fraction of sp³-hybridized carbons (Fsp3) is 0.588. The Hall–Kier alpha value is -1.91. The lowest BCUT2D eigenvalue weighted by Gasteiger charge is -2.28. The Balaban J connectivity index is 2.21. The van der Waals surface area contributed by atoms with E-state index in [1.165, 1.54) is 0 Å². The lowest BCUT2D eigenvalue weighted by atomic mass is 10.0. The standard InChI is InChI=1S/C17H26N2O3/c1-5-12(2)18-17(20)19-10-6-7-15(19)14-9-8-13(21-3)11-16(14)22-4/h8-9,11-12,15H,5-7,10H2,1-4H3,(H,18,20). The van der Waals surface area contributed by atoms with Crippen LogP contribution in [0.25, 0.3) is 0 Å². The number of likely N-dealkylation sites (tertiary alicyclic amines) is 1. The van der Waals surface area contributed by atoms with Crippen LogP contribution in [0, 0.1) is 0 Å². The molecule has 2 amide bonds. The van der Waals surface area contributed by atoms with Gasteiger partial charge in [-0.3, -0.25) is 0 Å². The number of ether oxygens (including phenoxy) is 2. The summed E-state index contributed by atoms with van der Waals surface area (Å²) in [6, 6.07) is 6.04. The zero-order valence-corrected chi connectivity index (χ0v) is 13.9. The number of benzene rings is 1. The third-order valence-electron chi connectivity index (χ3n) is 4.30. The predicted octanol–water partition coefficient (Wildman–Crippen LogP) is 3.35. The molecular formula is C17H26N2O3. The highest BCUT2D eigenvalue weighted by Crippen LogP contribution is 2.38. The van der Waals surface area contributed by atoms with Gasteiger partial charge in [0, 0.05) is 24.2 Å². The minimum atomic E-state index is 0.00900. The van der Waals surface area contributed by atoms with Crippen LogP contribution < -0.4 is 14.8 Å². The van der Waals surface area contributed by atoms with Crippen molar-refractivity contribution >= 4 is 6.03 Å². The molecule has 1 fully saturated rings. The summed E-state index contributed by atoms with van der Waals surface area (Å²) in [5.41, 5.74) is 1.04. The number of carbonyl (C=O) groups is 1. The molecule has 1 aliphatic heterocycles. The van der Waals surface area contributed by atoms with E-state index in [1.54, 1.807) is 14.2 Å². The van der Waals surface area contributed by atoms with Gasteiger partial charge in [-0.2, -0.15) is 0 Å². The summed E-state index contributed by atoms with van der Waals surface area (Å²) < 4.78 is 10.7. The molecule has 0 aliphatic carbocycles. The van der Waals surface area contributed by atoms with E-state index in [-0.39, 0.29) is 18.1 Å². The van der Waals surface area contributed by atoms with Crippen LogP contribution in [0.15, 0.2) is 18.2 Å². The first-order chi connectivity index (χ1) is 10.6. The molecule has 2 unspecified atom stereocenters. The summed E-state index contributed by atoms with van der Waals surface area (Å²) >= 11 is 0. The normalized spacial score (nSPS) is 18.9. The molecule has 122 valence electrons. The molecule has 5 heteroatoms. The number of hydrogen-bond acceptors (Lipinski definition) is 3. The van der Waals surface area contributed by atoms with Crippen molar-refractivity contribution in [2.75, 3.05) is 20.8 Å². The molecule has 1 saturated heterocycles. The second-order valence-corrected chi connectivity index (χ2v) is 5.72. The van der Waals surface area contributed by atoms with Crippen molar-refractivity contribution in [2.45, 2.75) is 45.2 Å². The van der Waals surface area contributed by atoms with E-state index in [2.05, 4.69) is 12.2 Å². The van der Waals surface area contributed by atoms with Crippen LogP contribution in [-0.4, -0.2) is 37.7 Å². The Morgan fingerprint density at radius 3 is 2.82 bits per heavy atom. The highest BCUT2D eigenvalue weighted by atomic mass is 16.5. The summed E-state index contributed by atoms with van der Waals surface area (Å²) in [6.45, 7) is 4.87. The third kappa shape index (κ3) is 3.46. The molecule has 1 N–H and O–H groups in total. The van der Waals surface area contributed by atoms with Gasteiger partial charge in [-0.1, -0.05) is 6.92 Å². The van der Waals surface area contributed by atoms with Crippen LogP contribution in [0.2, 0.25) is 0 Å². The van der Waals surface area contributed by atoms with E-state index in [0.29, 0.717) is 0 Å². The van der Waals surface area contributed by atoms with Gasteiger partial charge in [-0.05, 0) is 38.3 Å². The Morgan fingerprint density at radius 2 is 2.18 bits per heavy atom.